The van der Waals surface area contributed by atoms with E-state index in [4.69, 9.17) is 0 Å². The highest BCUT2D eigenvalue weighted by molar-refractivity contribution is 5.68. The summed E-state index contributed by atoms with van der Waals surface area (Å²) in [5.74, 6) is 0.584. The van der Waals surface area contributed by atoms with Crippen LogP contribution in [0.25, 0.3) is 11.1 Å². The summed E-state index contributed by atoms with van der Waals surface area (Å²) in [5.41, 5.74) is 2.32. The number of nitrogens with one attached hydrogen (secondary N) is 2. The van der Waals surface area contributed by atoms with Gasteiger partial charge in [-0.25, -0.2) is 8.78 Å². The number of anilines is 1. The van der Waals surface area contributed by atoms with Crippen molar-refractivity contribution in [3.63, 3.8) is 0 Å². The third-order valence-corrected chi connectivity index (χ3v) is 4.45. The third-order valence-electron chi connectivity index (χ3n) is 4.45. The molecular formula is C18H24F2N4. The number of benzene rings is 1. The maximum atomic E-state index is 13.6. The Hall–Kier alpha value is -1.95. The van der Waals surface area contributed by atoms with Crippen molar-refractivity contribution in [2.24, 2.45) is 5.92 Å². The number of rotatable bonds is 5. The molecule has 1 atom stereocenters. The molecule has 0 aliphatic carbocycles. The largest absolute Gasteiger partial charge is 0.368 e. The zero-order valence-electron chi connectivity index (χ0n) is 14.1. The monoisotopic (exact) mass is 334 g/mol. The van der Waals surface area contributed by atoms with E-state index in [1.807, 2.05) is 12.1 Å². The quantitative estimate of drug-likeness (QED) is 0.873. The van der Waals surface area contributed by atoms with Gasteiger partial charge in [-0.2, -0.15) is 5.10 Å². The maximum Gasteiger partial charge on any atom is 0.265 e. The molecule has 24 heavy (non-hydrogen) atoms. The van der Waals surface area contributed by atoms with Gasteiger partial charge in [0.05, 0.1) is 6.20 Å². The van der Waals surface area contributed by atoms with Crippen molar-refractivity contribution in [3.8, 4) is 11.1 Å². The molecule has 1 aromatic carbocycles. The first-order valence-corrected chi connectivity index (χ1v) is 8.44. The molecule has 2 heterocycles. The Morgan fingerprint density at radius 1 is 1.29 bits per heavy atom. The van der Waals surface area contributed by atoms with Gasteiger partial charge < -0.3 is 10.2 Å². The minimum atomic E-state index is -2.50. The van der Waals surface area contributed by atoms with Gasteiger partial charge in [0.2, 0.25) is 0 Å². The highest BCUT2D eigenvalue weighted by Crippen LogP contribution is 2.34. The lowest BCUT2D eigenvalue weighted by atomic mass is 9.99. The summed E-state index contributed by atoms with van der Waals surface area (Å²) in [4.78, 5) is 2.09. The Kier molecular flexibility index (Phi) is 5.14. The number of nitrogens with zero attached hydrogens (tertiary/aromatic N) is 2. The topological polar surface area (TPSA) is 44.0 Å². The summed E-state index contributed by atoms with van der Waals surface area (Å²) in [7, 11) is 0. The number of hydrogen-bond acceptors (Lipinski definition) is 3. The van der Waals surface area contributed by atoms with Crippen LogP contribution in [0.2, 0.25) is 0 Å². The van der Waals surface area contributed by atoms with Gasteiger partial charge in [0.15, 0.2) is 0 Å². The molecule has 3 rings (SSSR count). The molecule has 2 N–H and O–H groups in total. The molecule has 4 nitrogen and oxygen atoms in total. The number of hydrogen-bond donors (Lipinski definition) is 2. The molecule has 0 spiro atoms. The molecule has 1 saturated heterocycles. The number of halogens is 2. The van der Waals surface area contributed by atoms with E-state index in [0.717, 1.165) is 37.2 Å². The van der Waals surface area contributed by atoms with Gasteiger partial charge in [0.1, 0.15) is 0 Å². The zero-order chi connectivity index (χ0) is 17.1. The minimum absolute atomic E-state index is 0.0962. The maximum absolute atomic E-state index is 13.6. The zero-order valence-corrected chi connectivity index (χ0v) is 14.1. The predicted molar refractivity (Wildman–Crippen MR) is 92.4 cm³/mol. The van der Waals surface area contributed by atoms with E-state index in [9.17, 15) is 8.78 Å². The van der Waals surface area contributed by atoms with Crippen LogP contribution >= 0.6 is 0 Å². The minimum Gasteiger partial charge on any atom is -0.368 e. The lowest BCUT2D eigenvalue weighted by Crippen LogP contribution is -2.51. The molecule has 1 fully saturated rings. The van der Waals surface area contributed by atoms with Gasteiger partial charge in [-0.15, -0.1) is 0 Å². The van der Waals surface area contributed by atoms with Gasteiger partial charge in [-0.3, -0.25) is 5.10 Å². The van der Waals surface area contributed by atoms with Crippen LogP contribution in [-0.2, 0) is 0 Å². The average molecular weight is 334 g/mol. The van der Waals surface area contributed by atoms with Gasteiger partial charge in [-0.05, 0) is 30.0 Å². The molecule has 1 unspecified atom stereocenters. The van der Waals surface area contributed by atoms with E-state index in [0.29, 0.717) is 17.6 Å². The first-order chi connectivity index (χ1) is 11.5. The van der Waals surface area contributed by atoms with Crippen LogP contribution in [0.5, 0.6) is 0 Å². The number of aromatic amines is 1. The van der Waals surface area contributed by atoms with Crippen molar-refractivity contribution < 1.29 is 8.78 Å². The van der Waals surface area contributed by atoms with Crippen LogP contribution in [0.4, 0.5) is 14.5 Å². The molecular weight excluding hydrogens is 310 g/mol. The summed E-state index contributed by atoms with van der Waals surface area (Å²) in [6, 6.07) is 5.65. The molecule has 6 heteroatoms. The Labute approximate surface area is 141 Å². The Morgan fingerprint density at radius 3 is 2.79 bits per heavy atom. The van der Waals surface area contributed by atoms with Crippen molar-refractivity contribution in [1.82, 2.24) is 15.5 Å². The normalized spacial score (nSPS) is 18.6. The van der Waals surface area contributed by atoms with Crippen molar-refractivity contribution in [1.29, 1.82) is 0 Å². The molecule has 0 amide bonds. The van der Waals surface area contributed by atoms with E-state index in [1.54, 1.807) is 18.5 Å². The molecule has 1 aliphatic rings. The summed E-state index contributed by atoms with van der Waals surface area (Å²) in [6.45, 7) is 6.71. The summed E-state index contributed by atoms with van der Waals surface area (Å²) in [6.07, 6.45) is 1.92. The van der Waals surface area contributed by atoms with E-state index < -0.39 is 6.43 Å². The molecule has 0 radical (unpaired) electrons. The molecule has 0 saturated carbocycles. The fourth-order valence-electron chi connectivity index (χ4n) is 3.38. The van der Waals surface area contributed by atoms with Crippen molar-refractivity contribution in [2.75, 3.05) is 24.5 Å². The standard InChI is InChI=1S/C18H24F2N4/c1-12(2)7-15-11-24(6-5-21-15)17-4-3-13(8-16(17)18(19)20)14-9-22-23-10-14/h3-4,8-10,12,15,18,21H,5-7,11H2,1-2H3,(H,22,23). The van der Waals surface area contributed by atoms with E-state index >= 15 is 0 Å². The molecule has 2 aromatic rings. The second kappa shape index (κ2) is 7.30. The Balaban J connectivity index is 1.86. The highest BCUT2D eigenvalue weighted by Gasteiger charge is 2.24. The summed E-state index contributed by atoms with van der Waals surface area (Å²) in [5, 5.41) is 10.1. The second-order valence-corrected chi connectivity index (χ2v) is 6.79. The van der Waals surface area contributed by atoms with Crippen molar-refractivity contribution in [3.05, 3.63) is 36.2 Å². The van der Waals surface area contributed by atoms with Crippen molar-refractivity contribution >= 4 is 5.69 Å². The lowest BCUT2D eigenvalue weighted by molar-refractivity contribution is 0.151. The summed E-state index contributed by atoms with van der Waals surface area (Å²) < 4.78 is 27.3. The van der Waals surface area contributed by atoms with Gasteiger partial charge in [0.25, 0.3) is 6.43 Å². The third kappa shape index (κ3) is 3.75. The first kappa shape index (κ1) is 16.9. The smallest absolute Gasteiger partial charge is 0.265 e. The molecule has 1 aliphatic heterocycles. The van der Waals surface area contributed by atoms with E-state index in [-0.39, 0.29) is 5.56 Å². The first-order valence-electron chi connectivity index (χ1n) is 8.44. The van der Waals surface area contributed by atoms with Crippen LogP contribution in [0.1, 0.15) is 32.3 Å². The van der Waals surface area contributed by atoms with Gasteiger partial charge in [0, 0.05) is 48.7 Å². The molecule has 0 bridgehead atoms. The fraction of sp³-hybridized carbons (Fsp3) is 0.500. The van der Waals surface area contributed by atoms with Crippen LogP contribution in [0.15, 0.2) is 30.6 Å². The van der Waals surface area contributed by atoms with Gasteiger partial charge in [-0.1, -0.05) is 19.9 Å². The lowest BCUT2D eigenvalue weighted by Gasteiger charge is -2.37. The average Bonchev–Trinajstić information content (AvgIpc) is 3.08. The molecule has 130 valence electrons. The number of piperazine rings is 1. The van der Waals surface area contributed by atoms with E-state index in [1.165, 1.54) is 0 Å². The van der Waals surface area contributed by atoms with Crippen molar-refractivity contribution in [2.45, 2.75) is 32.7 Å². The second-order valence-electron chi connectivity index (χ2n) is 6.79. The SMILES string of the molecule is CC(C)CC1CN(c2ccc(-c3cn[nH]c3)cc2C(F)F)CCN1. The number of H-pyrrole nitrogens is 1. The predicted octanol–water partition coefficient (Wildman–Crippen LogP) is 3.84. The Morgan fingerprint density at radius 2 is 2.12 bits per heavy atom. The fourth-order valence-corrected chi connectivity index (χ4v) is 3.38. The number of aromatic nitrogens is 2. The van der Waals surface area contributed by atoms with Crippen LogP contribution in [0, 0.1) is 5.92 Å². The van der Waals surface area contributed by atoms with Crippen LogP contribution < -0.4 is 10.2 Å². The Bertz CT molecular complexity index is 655. The number of alkyl halides is 2. The van der Waals surface area contributed by atoms with Crippen LogP contribution in [-0.4, -0.2) is 35.9 Å². The summed E-state index contributed by atoms with van der Waals surface area (Å²) >= 11 is 0. The van der Waals surface area contributed by atoms with Crippen LogP contribution in [0.3, 0.4) is 0 Å². The molecule has 1 aromatic heterocycles. The van der Waals surface area contributed by atoms with E-state index in [2.05, 4.69) is 34.3 Å². The van der Waals surface area contributed by atoms with Gasteiger partial charge >= 0.3 is 0 Å². The highest BCUT2D eigenvalue weighted by atomic mass is 19.3.